The molecule has 0 saturated heterocycles. The fraction of sp³-hybridized carbons (Fsp3) is 0. The van der Waals surface area contributed by atoms with Gasteiger partial charge in [0.05, 0.1) is 33.7 Å². The predicted octanol–water partition coefficient (Wildman–Crippen LogP) is 18.2. The van der Waals surface area contributed by atoms with Crippen LogP contribution < -0.4 is 4.90 Å². The number of furan rings is 2. The molecular formula is C64H40N2O2. The van der Waals surface area contributed by atoms with Crippen LogP contribution in [0.3, 0.4) is 0 Å². The molecule has 4 heteroatoms. The van der Waals surface area contributed by atoms with Crippen LogP contribution in [0, 0.1) is 0 Å². The highest BCUT2D eigenvalue weighted by Crippen LogP contribution is 2.51. The van der Waals surface area contributed by atoms with E-state index in [1.807, 2.05) is 6.07 Å². The Balaban J connectivity index is 1.07. The first-order valence-electron chi connectivity index (χ1n) is 23.2. The van der Waals surface area contributed by atoms with Gasteiger partial charge in [0.2, 0.25) is 0 Å². The van der Waals surface area contributed by atoms with Gasteiger partial charge in [0.25, 0.3) is 0 Å². The summed E-state index contributed by atoms with van der Waals surface area (Å²) < 4.78 is 16.3. The molecule has 0 aliphatic heterocycles. The van der Waals surface area contributed by atoms with E-state index < -0.39 is 0 Å². The zero-order valence-electron chi connectivity index (χ0n) is 36.8. The zero-order chi connectivity index (χ0) is 44.7. The van der Waals surface area contributed by atoms with Crippen molar-refractivity contribution in [3.63, 3.8) is 0 Å². The van der Waals surface area contributed by atoms with Crippen LogP contribution >= 0.6 is 0 Å². The molecule has 0 bridgehead atoms. The van der Waals surface area contributed by atoms with E-state index in [1.54, 1.807) is 0 Å². The summed E-state index contributed by atoms with van der Waals surface area (Å²) >= 11 is 0. The van der Waals surface area contributed by atoms with Crippen LogP contribution in [0.4, 0.5) is 17.1 Å². The van der Waals surface area contributed by atoms with Gasteiger partial charge >= 0.3 is 0 Å². The fourth-order valence-corrected chi connectivity index (χ4v) is 10.7. The van der Waals surface area contributed by atoms with Crippen molar-refractivity contribution >= 4 is 93.5 Å². The van der Waals surface area contributed by atoms with Gasteiger partial charge in [-0.15, -0.1) is 0 Å². The molecule has 68 heavy (non-hydrogen) atoms. The average molecular weight is 869 g/mol. The smallest absolute Gasteiger partial charge is 0.145 e. The highest BCUT2D eigenvalue weighted by molar-refractivity contribution is 6.16. The van der Waals surface area contributed by atoms with E-state index in [0.29, 0.717) is 0 Å². The van der Waals surface area contributed by atoms with E-state index in [4.69, 9.17) is 8.83 Å². The van der Waals surface area contributed by atoms with Crippen molar-refractivity contribution in [2.45, 2.75) is 0 Å². The average Bonchev–Trinajstić information content (AvgIpc) is 4.09. The third kappa shape index (κ3) is 5.87. The highest BCUT2D eigenvalue weighted by Gasteiger charge is 2.28. The molecule has 0 atom stereocenters. The Labute approximate surface area is 391 Å². The number of anilines is 3. The molecule has 0 spiro atoms. The normalized spacial score (nSPS) is 11.8. The van der Waals surface area contributed by atoms with Crippen molar-refractivity contribution in [1.82, 2.24) is 4.57 Å². The molecule has 3 heterocycles. The Hall–Kier alpha value is -9.12. The zero-order valence-corrected chi connectivity index (χ0v) is 36.8. The maximum atomic E-state index is 7.12. The molecule has 4 nitrogen and oxygen atoms in total. The summed E-state index contributed by atoms with van der Waals surface area (Å²) in [5.41, 5.74) is 16.2. The number of hydrogen-bond donors (Lipinski definition) is 0. The van der Waals surface area contributed by atoms with E-state index in [9.17, 15) is 0 Å². The van der Waals surface area contributed by atoms with Crippen LogP contribution in [-0.2, 0) is 0 Å². The van der Waals surface area contributed by atoms with Crippen molar-refractivity contribution in [1.29, 1.82) is 0 Å². The third-order valence-electron chi connectivity index (χ3n) is 13.8. The summed E-state index contributed by atoms with van der Waals surface area (Å²) in [7, 11) is 0. The van der Waals surface area contributed by atoms with E-state index in [1.165, 1.54) is 27.1 Å². The van der Waals surface area contributed by atoms with E-state index >= 15 is 0 Å². The van der Waals surface area contributed by atoms with Gasteiger partial charge in [-0.3, -0.25) is 0 Å². The fourth-order valence-electron chi connectivity index (χ4n) is 10.7. The molecule has 0 saturated carbocycles. The van der Waals surface area contributed by atoms with E-state index in [-0.39, 0.29) is 0 Å². The summed E-state index contributed by atoms with van der Waals surface area (Å²) in [6, 6.07) is 87.0. The van der Waals surface area contributed by atoms with E-state index in [2.05, 4.69) is 246 Å². The molecule has 14 rings (SSSR count). The number of aromatic nitrogens is 1. The molecule has 3 aromatic heterocycles. The second kappa shape index (κ2) is 15.2. The number of benzene rings is 11. The van der Waals surface area contributed by atoms with Crippen molar-refractivity contribution in [2.24, 2.45) is 0 Å². The number of para-hydroxylation sites is 7. The van der Waals surface area contributed by atoms with Gasteiger partial charge in [-0.2, -0.15) is 0 Å². The summed E-state index contributed by atoms with van der Waals surface area (Å²) in [4.78, 5) is 2.42. The van der Waals surface area contributed by atoms with Crippen molar-refractivity contribution in [3.05, 3.63) is 243 Å². The lowest BCUT2D eigenvalue weighted by Crippen LogP contribution is -2.13. The Morgan fingerprint density at radius 2 is 0.868 bits per heavy atom. The molecule has 0 N–H and O–H groups in total. The summed E-state index contributed by atoms with van der Waals surface area (Å²) in [6.45, 7) is 0. The SMILES string of the molecule is c1ccc(N(c2ccc(-c3ccc4ccccc4c3)cc2)c2ccc3c(oc4ccccc43)c2-c2ccccc2-n2c3ccccc3c3ccccc32)c(-c2cccc3c2oc2ccccc23)c1. The largest absolute Gasteiger partial charge is 0.455 e. The minimum atomic E-state index is 0.826. The maximum Gasteiger partial charge on any atom is 0.145 e. The Kier molecular flexibility index (Phi) is 8.55. The lowest BCUT2D eigenvalue weighted by Gasteiger charge is -2.30. The Bertz CT molecular complexity index is 4230. The lowest BCUT2D eigenvalue weighted by molar-refractivity contribution is 0.669. The summed E-state index contributed by atoms with van der Waals surface area (Å²) in [5, 5.41) is 9.19. The lowest BCUT2D eigenvalue weighted by atomic mass is 9.95. The molecule has 318 valence electrons. The molecule has 0 unspecified atom stereocenters. The van der Waals surface area contributed by atoms with Crippen molar-refractivity contribution < 1.29 is 8.83 Å². The van der Waals surface area contributed by atoms with Crippen LogP contribution in [-0.4, -0.2) is 4.57 Å². The molecule has 14 aromatic rings. The first kappa shape index (κ1) is 38.2. The Morgan fingerprint density at radius 3 is 1.62 bits per heavy atom. The number of rotatable bonds is 7. The van der Waals surface area contributed by atoms with Crippen LogP contribution in [0.5, 0.6) is 0 Å². The summed E-state index contributed by atoms with van der Waals surface area (Å²) in [5.74, 6) is 0. The van der Waals surface area contributed by atoms with Crippen molar-refractivity contribution in [3.8, 4) is 39.1 Å². The van der Waals surface area contributed by atoms with Crippen LogP contribution in [0.25, 0.3) is 116 Å². The topological polar surface area (TPSA) is 34.5 Å². The molecule has 0 radical (unpaired) electrons. The van der Waals surface area contributed by atoms with Gasteiger partial charge in [0.1, 0.15) is 22.3 Å². The minimum Gasteiger partial charge on any atom is -0.455 e. The van der Waals surface area contributed by atoms with Gasteiger partial charge in [-0.05, 0) is 88.6 Å². The van der Waals surface area contributed by atoms with Gasteiger partial charge in [-0.1, -0.05) is 176 Å². The second-order valence-corrected chi connectivity index (χ2v) is 17.6. The number of nitrogens with zero attached hydrogens (tertiary/aromatic N) is 2. The first-order valence-corrected chi connectivity index (χ1v) is 23.2. The van der Waals surface area contributed by atoms with E-state index in [0.717, 1.165) is 105 Å². The highest BCUT2D eigenvalue weighted by atomic mass is 16.3. The minimum absolute atomic E-state index is 0.826. The van der Waals surface area contributed by atoms with Gasteiger partial charge in [0.15, 0.2) is 0 Å². The maximum absolute atomic E-state index is 7.12. The second-order valence-electron chi connectivity index (χ2n) is 17.6. The predicted molar refractivity (Wildman–Crippen MR) is 284 cm³/mol. The van der Waals surface area contributed by atoms with Crippen molar-refractivity contribution in [2.75, 3.05) is 4.90 Å². The first-order chi connectivity index (χ1) is 33.7. The van der Waals surface area contributed by atoms with Gasteiger partial charge in [0, 0.05) is 54.7 Å². The Morgan fingerprint density at radius 1 is 0.324 bits per heavy atom. The summed E-state index contributed by atoms with van der Waals surface area (Å²) in [6.07, 6.45) is 0. The molecule has 0 amide bonds. The quantitative estimate of drug-likeness (QED) is 0.160. The number of hydrogen-bond acceptors (Lipinski definition) is 3. The standard InChI is InChI=1S/C64H40N2O2/c1-2-17-43-40-44(33-32-41(43)16-1)42-34-36-45(37-35-42)65(55-26-9-5-20-48(55)51-24-15-25-52-49-21-7-13-30-60(49)67-63(51)52)59-39-38-53-50-22-8-14-31-61(50)68-64(53)62(59)54-23-6-12-29-58(54)66-56-27-10-3-18-46(56)47-19-4-11-28-57(47)66/h1-40H. The molecule has 0 fully saturated rings. The van der Waals surface area contributed by atoms with Crippen LogP contribution in [0.15, 0.2) is 251 Å². The van der Waals surface area contributed by atoms with Gasteiger partial charge < -0.3 is 18.3 Å². The molecular weight excluding hydrogens is 829 g/mol. The van der Waals surface area contributed by atoms with Gasteiger partial charge in [-0.25, -0.2) is 0 Å². The van der Waals surface area contributed by atoms with Crippen LogP contribution in [0.2, 0.25) is 0 Å². The number of fused-ring (bicyclic) bond motifs is 10. The molecule has 0 aliphatic rings. The molecule has 11 aromatic carbocycles. The van der Waals surface area contributed by atoms with Crippen LogP contribution in [0.1, 0.15) is 0 Å². The third-order valence-corrected chi connectivity index (χ3v) is 13.8. The monoisotopic (exact) mass is 868 g/mol. The molecule has 0 aliphatic carbocycles.